The molecule has 0 aromatic heterocycles. The quantitative estimate of drug-likeness (QED) is 0.119. The van der Waals surface area contributed by atoms with Crippen LogP contribution in [0.4, 0.5) is 32.4 Å². The summed E-state index contributed by atoms with van der Waals surface area (Å²) in [4.78, 5) is 37.4. The summed E-state index contributed by atoms with van der Waals surface area (Å²) in [6.45, 7) is 1.80. The van der Waals surface area contributed by atoms with Crippen molar-refractivity contribution in [2.24, 2.45) is 5.73 Å². The second kappa shape index (κ2) is 17.7. The summed E-state index contributed by atoms with van der Waals surface area (Å²) in [5.74, 6) is -4.64. The van der Waals surface area contributed by atoms with Gasteiger partial charge in [-0.15, -0.1) is 0 Å². The number of halogens is 5. The number of hydrogen-bond acceptors (Lipinski definition) is 9. The van der Waals surface area contributed by atoms with Crippen molar-refractivity contribution in [3.05, 3.63) is 120 Å². The number of phenolic OH excluding ortho intramolecular Hbond substituents is 1. The number of carbonyl (C=O) groups is 3. The molecule has 3 atom stereocenters. The summed E-state index contributed by atoms with van der Waals surface area (Å²) < 4.78 is 89.5. The molecule has 1 saturated heterocycles. The van der Waals surface area contributed by atoms with Gasteiger partial charge in [-0.05, 0) is 91.6 Å². The Kier molecular flexibility index (Phi) is 13.6. The summed E-state index contributed by atoms with van der Waals surface area (Å²) in [6, 6.07) is 20.2. The molecule has 12 nitrogen and oxygen atoms in total. The third-order valence-corrected chi connectivity index (χ3v) is 9.77. The van der Waals surface area contributed by atoms with Crippen molar-refractivity contribution in [2.45, 2.75) is 49.0 Å². The number of alkyl halides is 3. The maximum Gasteiger partial charge on any atom is 0.430 e. The molecular weight excluding hydrogens is 755 g/mol. The molecule has 4 N–H and O–H groups in total. The number of piperidine rings is 1. The number of anilines is 1. The molecule has 4 aromatic carbocycles. The van der Waals surface area contributed by atoms with Crippen LogP contribution in [-0.2, 0) is 32.7 Å². The highest BCUT2D eigenvalue weighted by Crippen LogP contribution is 2.27. The van der Waals surface area contributed by atoms with Crippen LogP contribution < -0.4 is 20.3 Å². The van der Waals surface area contributed by atoms with Gasteiger partial charge in [0.1, 0.15) is 47.1 Å². The number of aromatic hydroxyl groups is 1. The van der Waals surface area contributed by atoms with Gasteiger partial charge in [0.15, 0.2) is 0 Å². The van der Waals surface area contributed by atoms with Gasteiger partial charge in [-0.2, -0.15) is 21.6 Å². The number of carbonyl (C=O) groups excluding carboxylic acids is 3. The lowest BCUT2D eigenvalue weighted by molar-refractivity contribution is -0.928. The minimum Gasteiger partial charge on any atom is -0.542 e. The number of urea groups is 1. The number of nitrogens with zero attached hydrogens (tertiary/aromatic N) is 2. The first-order valence-electron chi connectivity index (χ1n) is 16.6. The highest BCUT2D eigenvalue weighted by molar-refractivity contribution is 7.87. The van der Waals surface area contributed by atoms with Crippen LogP contribution in [-0.4, -0.2) is 79.2 Å². The van der Waals surface area contributed by atoms with Crippen LogP contribution in [0.15, 0.2) is 102 Å². The monoisotopic (exact) mass is 792 g/mol. The zero-order valence-electron chi connectivity index (χ0n) is 29.2. The van der Waals surface area contributed by atoms with Crippen LogP contribution in [0.5, 0.6) is 11.5 Å². The molecule has 0 saturated carbocycles. The Balaban J connectivity index is 0.000000876. The van der Waals surface area contributed by atoms with E-state index < -0.39 is 52.1 Å². The van der Waals surface area contributed by atoms with Crippen molar-refractivity contribution in [3.8, 4) is 11.5 Å². The number of nitrogens with one attached hydrogen (secondary N) is 1. The number of nitrogens with two attached hydrogens (primary N) is 1. The summed E-state index contributed by atoms with van der Waals surface area (Å²) in [5, 5.41) is 21.2. The van der Waals surface area contributed by atoms with Crippen molar-refractivity contribution in [1.29, 1.82) is 0 Å². The zero-order valence-corrected chi connectivity index (χ0v) is 30.0. The second-order valence-corrected chi connectivity index (χ2v) is 14.6. The fourth-order valence-electron chi connectivity index (χ4n) is 5.96. The summed E-state index contributed by atoms with van der Waals surface area (Å²) >= 11 is 0. The van der Waals surface area contributed by atoms with Crippen molar-refractivity contribution >= 4 is 33.7 Å². The zero-order chi connectivity index (χ0) is 40.6. The number of likely N-dealkylation sites (N-methyl/N-ethyl adjacent to an activating group) is 1. The lowest BCUT2D eigenvalue weighted by Gasteiger charge is -2.44. The number of carboxylic acids is 1. The normalized spacial score (nSPS) is 17.5. The number of benzene rings is 4. The minimum absolute atomic E-state index is 0.0674. The molecule has 1 unspecified atom stereocenters. The SMILES string of the molecule is C[N+]1(Cc2ccc(F)cc2)CCC[C@H](N(C(=O)Nc2ccc(OS(=O)(=O)c3cccc(F)c3)cc2)C(=O)[C@@H](N)Cc2ccc(O)cc2)C1.O=C([O-])C(F)(F)F. The van der Waals surface area contributed by atoms with E-state index in [1.165, 1.54) is 65.6 Å². The Morgan fingerprint density at radius 2 is 1.56 bits per heavy atom. The smallest absolute Gasteiger partial charge is 0.430 e. The van der Waals surface area contributed by atoms with E-state index in [0.29, 0.717) is 29.6 Å². The van der Waals surface area contributed by atoms with Crippen molar-refractivity contribution < 1.29 is 63.6 Å². The van der Waals surface area contributed by atoms with Crippen LogP contribution in [0, 0.1) is 11.6 Å². The van der Waals surface area contributed by atoms with E-state index in [4.69, 9.17) is 19.8 Å². The Hall–Kier alpha value is -5.59. The fourth-order valence-corrected chi connectivity index (χ4v) is 6.92. The van der Waals surface area contributed by atoms with Crippen LogP contribution in [0.3, 0.4) is 0 Å². The Morgan fingerprint density at radius 3 is 2.15 bits per heavy atom. The number of phenols is 1. The van der Waals surface area contributed by atoms with Gasteiger partial charge in [-0.1, -0.05) is 30.3 Å². The number of quaternary nitrogens is 1. The average Bonchev–Trinajstić information content (AvgIpc) is 3.11. The van der Waals surface area contributed by atoms with E-state index >= 15 is 0 Å². The molecule has 0 radical (unpaired) electrons. The van der Waals surface area contributed by atoms with E-state index in [1.807, 2.05) is 7.05 Å². The number of rotatable bonds is 10. The third kappa shape index (κ3) is 12.2. The van der Waals surface area contributed by atoms with Crippen molar-refractivity contribution in [1.82, 2.24) is 4.90 Å². The van der Waals surface area contributed by atoms with Crippen molar-refractivity contribution in [2.75, 3.05) is 25.5 Å². The number of imide groups is 1. The second-order valence-electron chi connectivity index (χ2n) is 13.0. The molecule has 1 fully saturated rings. The molecule has 0 spiro atoms. The third-order valence-electron chi connectivity index (χ3n) is 8.52. The molecule has 0 aliphatic carbocycles. The number of likely N-dealkylation sites (tertiary alicyclic amines) is 1. The average molecular weight is 793 g/mol. The molecule has 18 heteroatoms. The molecule has 3 amide bonds. The molecule has 0 bridgehead atoms. The van der Waals surface area contributed by atoms with Crippen molar-refractivity contribution in [3.63, 3.8) is 0 Å². The van der Waals surface area contributed by atoms with E-state index in [2.05, 4.69) is 5.32 Å². The van der Waals surface area contributed by atoms with E-state index in [-0.39, 0.29) is 34.3 Å². The highest BCUT2D eigenvalue weighted by Gasteiger charge is 2.41. The standard InChI is InChI=1S/C35H36F2N4O6S.C2HF3O2/c1-41(22-25-7-11-26(36)12-8-25)19-3-5-29(23-41)40(34(43)33(38)20-24-9-15-30(42)16-10-24)35(44)39-28-13-17-31(18-14-28)47-48(45,46)32-6-2-4-27(37)21-32;3-2(4,5)1(6)7/h2,4,6-18,21,29,33H,3,5,19-20,22-23,38H2,1H3,(H-,39,42,44);(H,6,7)/t29-,33-,41?;/m0./s1. The van der Waals surface area contributed by atoms with Gasteiger partial charge in [-0.25, -0.2) is 13.6 Å². The maximum absolute atomic E-state index is 14.0. The lowest BCUT2D eigenvalue weighted by Crippen LogP contribution is -2.62. The number of aliphatic carboxylic acids is 1. The number of amides is 3. The van der Waals surface area contributed by atoms with Gasteiger partial charge < -0.3 is 34.7 Å². The van der Waals surface area contributed by atoms with Crippen LogP contribution in [0.1, 0.15) is 24.0 Å². The van der Waals surface area contributed by atoms with E-state index in [1.54, 1.807) is 24.3 Å². The molecule has 4 aromatic rings. The summed E-state index contributed by atoms with van der Waals surface area (Å²) in [7, 11) is -2.28. The number of carboxylic acid groups (broad SMARTS) is 1. The molecule has 1 aliphatic heterocycles. The topological polar surface area (TPSA) is 179 Å². The molecule has 5 rings (SSSR count). The predicted molar refractivity (Wildman–Crippen MR) is 186 cm³/mol. The molecular formula is C37H37F5N4O8S. The first-order valence-corrected chi connectivity index (χ1v) is 18.0. The Bertz CT molecular complexity index is 2070. The maximum atomic E-state index is 14.0. The van der Waals surface area contributed by atoms with Gasteiger partial charge in [0.25, 0.3) is 0 Å². The van der Waals surface area contributed by atoms with Gasteiger partial charge in [-0.3, -0.25) is 9.69 Å². The first-order chi connectivity index (χ1) is 25.7. The van der Waals surface area contributed by atoms with Gasteiger partial charge in [0.2, 0.25) is 5.91 Å². The van der Waals surface area contributed by atoms with Gasteiger partial charge in [0.05, 0.1) is 25.7 Å². The predicted octanol–water partition coefficient (Wildman–Crippen LogP) is 4.48. The van der Waals surface area contributed by atoms with E-state index in [0.717, 1.165) is 30.7 Å². The lowest BCUT2D eigenvalue weighted by atomic mass is 9.98. The van der Waals surface area contributed by atoms with E-state index in [9.17, 15) is 45.1 Å². The Morgan fingerprint density at radius 1 is 0.964 bits per heavy atom. The molecule has 1 aliphatic rings. The highest BCUT2D eigenvalue weighted by atomic mass is 32.2. The summed E-state index contributed by atoms with van der Waals surface area (Å²) in [5.41, 5.74) is 8.29. The largest absolute Gasteiger partial charge is 0.542 e. The molecule has 1 heterocycles. The fraction of sp³-hybridized carbons (Fsp3) is 0.270. The van der Waals surface area contributed by atoms with Crippen LogP contribution in [0.25, 0.3) is 0 Å². The molecule has 294 valence electrons. The summed E-state index contributed by atoms with van der Waals surface area (Å²) in [6.07, 6.45) is -3.80. The Labute approximate surface area is 313 Å². The number of hydrogen-bond donors (Lipinski definition) is 3. The van der Waals surface area contributed by atoms with Crippen LogP contribution >= 0.6 is 0 Å². The van der Waals surface area contributed by atoms with Gasteiger partial charge in [0, 0.05) is 11.3 Å². The minimum atomic E-state index is -5.19. The van der Waals surface area contributed by atoms with Crippen LogP contribution in [0.2, 0.25) is 0 Å². The molecule has 55 heavy (non-hydrogen) atoms. The van der Waals surface area contributed by atoms with Gasteiger partial charge >= 0.3 is 22.3 Å². The first kappa shape index (κ1) is 42.2.